The summed E-state index contributed by atoms with van der Waals surface area (Å²) in [5.41, 5.74) is 0. The van der Waals surface area contributed by atoms with Crippen LogP contribution in [-0.4, -0.2) is 36.5 Å². The van der Waals surface area contributed by atoms with Crippen LogP contribution in [-0.2, 0) is 0 Å². The molecule has 1 aromatic heterocycles. The van der Waals surface area contributed by atoms with Crippen LogP contribution in [0.3, 0.4) is 0 Å². The van der Waals surface area contributed by atoms with Crippen molar-refractivity contribution in [3.05, 3.63) is 21.3 Å². The molecule has 0 radical (unpaired) electrons. The third-order valence-corrected chi connectivity index (χ3v) is 3.90. The topological polar surface area (TPSA) is 32.3 Å². The average Bonchev–Trinajstić information content (AvgIpc) is 2.64. The van der Waals surface area contributed by atoms with Crippen molar-refractivity contribution in [1.82, 2.24) is 10.2 Å². The van der Waals surface area contributed by atoms with Crippen LogP contribution in [0.4, 0.5) is 0 Å². The minimum Gasteiger partial charge on any atom is -0.333 e. The predicted molar refractivity (Wildman–Crippen MR) is 69.9 cm³/mol. The van der Waals surface area contributed by atoms with Crippen molar-refractivity contribution in [1.29, 1.82) is 0 Å². The second-order valence-electron chi connectivity index (χ2n) is 3.65. The quantitative estimate of drug-likeness (QED) is 0.856. The molecule has 1 saturated heterocycles. The van der Waals surface area contributed by atoms with Gasteiger partial charge in [0.1, 0.15) is 4.88 Å². The Morgan fingerprint density at radius 3 is 3.00 bits per heavy atom. The van der Waals surface area contributed by atoms with Crippen molar-refractivity contribution in [3.8, 4) is 0 Å². The molecule has 16 heavy (non-hydrogen) atoms. The number of hydrogen-bond donors (Lipinski definition) is 1. The SMILES string of the molecule is C[C@H]1CNCCN1C(=O)c1sccc1Cl.Cl. The number of carbonyl (C=O) groups is 1. The first kappa shape index (κ1) is 13.8. The molecule has 1 aromatic rings. The minimum atomic E-state index is 0. The summed E-state index contributed by atoms with van der Waals surface area (Å²) in [6.07, 6.45) is 0. The van der Waals surface area contributed by atoms with Gasteiger partial charge in [-0.05, 0) is 18.4 Å². The molecule has 1 aliphatic rings. The summed E-state index contributed by atoms with van der Waals surface area (Å²) in [4.78, 5) is 14.7. The van der Waals surface area contributed by atoms with Gasteiger partial charge in [-0.1, -0.05) is 11.6 Å². The molecule has 0 saturated carbocycles. The first-order chi connectivity index (χ1) is 7.20. The van der Waals surface area contributed by atoms with Crippen LogP contribution < -0.4 is 5.32 Å². The van der Waals surface area contributed by atoms with Gasteiger partial charge in [-0.3, -0.25) is 4.79 Å². The largest absolute Gasteiger partial charge is 0.333 e. The fraction of sp³-hybridized carbons (Fsp3) is 0.500. The molecule has 0 aromatic carbocycles. The molecule has 1 N–H and O–H groups in total. The molecule has 0 spiro atoms. The number of nitrogens with zero attached hydrogens (tertiary/aromatic N) is 1. The van der Waals surface area contributed by atoms with Gasteiger partial charge in [0.05, 0.1) is 5.02 Å². The van der Waals surface area contributed by atoms with Gasteiger partial charge in [0, 0.05) is 25.7 Å². The maximum atomic E-state index is 12.1. The van der Waals surface area contributed by atoms with E-state index in [1.165, 1.54) is 11.3 Å². The molecule has 1 amide bonds. The standard InChI is InChI=1S/C10H13ClN2OS.ClH/c1-7-6-12-3-4-13(7)10(14)9-8(11)2-5-15-9;/h2,5,7,12H,3-4,6H2,1H3;1H/t7-;/m0./s1. The summed E-state index contributed by atoms with van der Waals surface area (Å²) in [5.74, 6) is 0.0593. The van der Waals surface area contributed by atoms with Crippen LogP contribution in [0.5, 0.6) is 0 Å². The van der Waals surface area contributed by atoms with E-state index in [9.17, 15) is 4.79 Å². The molecule has 1 atom stereocenters. The third-order valence-electron chi connectivity index (χ3n) is 2.57. The molecular weight excluding hydrogens is 267 g/mol. The van der Waals surface area contributed by atoms with Gasteiger partial charge in [-0.25, -0.2) is 0 Å². The molecule has 3 nitrogen and oxygen atoms in total. The summed E-state index contributed by atoms with van der Waals surface area (Å²) in [6.45, 7) is 4.52. The number of amides is 1. The first-order valence-corrected chi connectivity index (χ1v) is 6.20. The lowest BCUT2D eigenvalue weighted by atomic mass is 10.2. The highest BCUT2D eigenvalue weighted by Gasteiger charge is 2.25. The van der Waals surface area contributed by atoms with E-state index in [2.05, 4.69) is 5.32 Å². The van der Waals surface area contributed by atoms with Crippen molar-refractivity contribution >= 4 is 41.3 Å². The highest BCUT2D eigenvalue weighted by Crippen LogP contribution is 2.24. The zero-order valence-corrected chi connectivity index (χ0v) is 11.3. The van der Waals surface area contributed by atoms with Crippen molar-refractivity contribution in [2.24, 2.45) is 0 Å². The number of rotatable bonds is 1. The maximum absolute atomic E-state index is 12.1. The van der Waals surface area contributed by atoms with E-state index in [-0.39, 0.29) is 24.4 Å². The predicted octanol–water partition coefficient (Wildman–Crippen LogP) is 2.26. The van der Waals surface area contributed by atoms with Crippen molar-refractivity contribution in [3.63, 3.8) is 0 Å². The lowest BCUT2D eigenvalue weighted by molar-refractivity contribution is 0.0661. The molecule has 2 rings (SSSR count). The summed E-state index contributed by atoms with van der Waals surface area (Å²) < 4.78 is 0. The smallest absolute Gasteiger partial charge is 0.265 e. The van der Waals surface area contributed by atoms with E-state index in [0.29, 0.717) is 9.90 Å². The van der Waals surface area contributed by atoms with Gasteiger partial charge in [0.2, 0.25) is 0 Å². The number of carbonyl (C=O) groups excluding carboxylic acids is 1. The Labute approximate surface area is 110 Å². The Balaban J connectivity index is 0.00000128. The third kappa shape index (κ3) is 2.69. The molecule has 0 bridgehead atoms. The fourth-order valence-electron chi connectivity index (χ4n) is 1.72. The molecule has 6 heteroatoms. The lowest BCUT2D eigenvalue weighted by Gasteiger charge is -2.33. The summed E-state index contributed by atoms with van der Waals surface area (Å²) in [6, 6.07) is 2.01. The van der Waals surface area contributed by atoms with E-state index in [0.717, 1.165) is 19.6 Å². The van der Waals surface area contributed by atoms with Crippen molar-refractivity contribution in [2.45, 2.75) is 13.0 Å². The molecule has 90 valence electrons. The lowest BCUT2D eigenvalue weighted by Crippen LogP contribution is -2.52. The zero-order chi connectivity index (χ0) is 10.8. The average molecular weight is 281 g/mol. The van der Waals surface area contributed by atoms with E-state index in [4.69, 9.17) is 11.6 Å². The minimum absolute atomic E-state index is 0. The number of nitrogens with one attached hydrogen (secondary N) is 1. The van der Waals surface area contributed by atoms with Gasteiger partial charge < -0.3 is 10.2 Å². The van der Waals surface area contributed by atoms with Crippen LogP contribution in [0.15, 0.2) is 11.4 Å². The number of halogens is 2. The van der Waals surface area contributed by atoms with Crippen LogP contribution in [0.2, 0.25) is 5.02 Å². The number of thiophene rings is 1. The second kappa shape index (κ2) is 5.87. The van der Waals surface area contributed by atoms with Crippen molar-refractivity contribution < 1.29 is 4.79 Å². The van der Waals surface area contributed by atoms with Crippen LogP contribution in [0.1, 0.15) is 16.6 Å². The Hall–Kier alpha value is -0.290. The molecule has 0 aliphatic carbocycles. The van der Waals surface area contributed by atoms with Gasteiger partial charge >= 0.3 is 0 Å². The Bertz CT molecular complexity index is 369. The Kier molecular flexibility index (Phi) is 5.05. The first-order valence-electron chi connectivity index (χ1n) is 4.95. The molecule has 0 unspecified atom stereocenters. The van der Waals surface area contributed by atoms with Crippen molar-refractivity contribution in [2.75, 3.05) is 19.6 Å². The van der Waals surface area contributed by atoms with E-state index >= 15 is 0 Å². The van der Waals surface area contributed by atoms with Gasteiger partial charge in [0.25, 0.3) is 5.91 Å². The number of piperazine rings is 1. The highest BCUT2D eigenvalue weighted by atomic mass is 35.5. The van der Waals surface area contributed by atoms with Crippen LogP contribution >= 0.6 is 35.3 Å². The molecule has 2 heterocycles. The molecular formula is C10H14Cl2N2OS. The fourth-order valence-corrected chi connectivity index (χ4v) is 2.81. The molecule has 1 fully saturated rings. The van der Waals surface area contributed by atoms with E-state index in [1.54, 1.807) is 6.07 Å². The monoisotopic (exact) mass is 280 g/mol. The summed E-state index contributed by atoms with van der Waals surface area (Å²) in [7, 11) is 0. The van der Waals surface area contributed by atoms with E-state index < -0.39 is 0 Å². The van der Waals surface area contributed by atoms with Crippen LogP contribution in [0.25, 0.3) is 0 Å². The van der Waals surface area contributed by atoms with Gasteiger partial charge in [0.15, 0.2) is 0 Å². The molecule has 1 aliphatic heterocycles. The number of hydrogen-bond acceptors (Lipinski definition) is 3. The summed E-state index contributed by atoms with van der Waals surface area (Å²) >= 11 is 7.36. The highest BCUT2D eigenvalue weighted by molar-refractivity contribution is 7.12. The normalized spacial score (nSPS) is 20.4. The zero-order valence-electron chi connectivity index (χ0n) is 8.90. The van der Waals surface area contributed by atoms with Crippen LogP contribution in [0, 0.1) is 0 Å². The summed E-state index contributed by atoms with van der Waals surface area (Å²) in [5, 5.41) is 5.67. The second-order valence-corrected chi connectivity index (χ2v) is 4.97. The van der Waals surface area contributed by atoms with Gasteiger partial charge in [-0.2, -0.15) is 0 Å². The van der Waals surface area contributed by atoms with E-state index in [1.807, 2.05) is 17.2 Å². The Morgan fingerprint density at radius 2 is 2.44 bits per heavy atom. The maximum Gasteiger partial charge on any atom is 0.265 e. The Morgan fingerprint density at radius 1 is 1.69 bits per heavy atom. The van der Waals surface area contributed by atoms with Gasteiger partial charge in [-0.15, -0.1) is 23.7 Å².